The second-order valence-corrected chi connectivity index (χ2v) is 8.40. The third-order valence-corrected chi connectivity index (χ3v) is 6.35. The van der Waals surface area contributed by atoms with Crippen LogP contribution in [0, 0.1) is 0 Å². The molecule has 0 aliphatic carbocycles. The number of ether oxygens (including phenoxy) is 1. The van der Waals surface area contributed by atoms with Gasteiger partial charge in [0, 0.05) is 51.1 Å². The number of nitrogens with one attached hydrogen (secondary N) is 1. The number of rotatable bonds is 8. The van der Waals surface area contributed by atoms with E-state index in [9.17, 15) is 4.79 Å². The minimum Gasteiger partial charge on any atom is -0.379 e. The maximum Gasteiger partial charge on any atom is 0.221 e. The number of hydrogen-bond donors (Lipinski definition) is 1. The van der Waals surface area contributed by atoms with Gasteiger partial charge in [-0.25, -0.2) is 9.97 Å². The van der Waals surface area contributed by atoms with Crippen LogP contribution >= 0.6 is 11.3 Å². The van der Waals surface area contributed by atoms with Crippen LogP contribution < -0.4 is 10.2 Å². The second-order valence-electron chi connectivity index (χ2n) is 7.37. The molecule has 1 fully saturated rings. The van der Waals surface area contributed by atoms with E-state index in [1.165, 1.54) is 10.4 Å². The van der Waals surface area contributed by atoms with Gasteiger partial charge >= 0.3 is 0 Å². The number of morpholine rings is 1. The smallest absolute Gasteiger partial charge is 0.221 e. The first-order valence-electron chi connectivity index (χ1n) is 10.3. The molecule has 30 heavy (non-hydrogen) atoms. The van der Waals surface area contributed by atoms with Gasteiger partial charge in [0.25, 0.3) is 0 Å². The number of hydrogen-bond acceptors (Lipinski definition) is 7. The average Bonchev–Trinajstić information content (AvgIpc) is 3.23. The summed E-state index contributed by atoms with van der Waals surface area (Å²) in [6, 6.07) is 12.4. The lowest BCUT2D eigenvalue weighted by molar-refractivity contribution is -0.121. The Labute approximate surface area is 180 Å². The number of amides is 1. The third kappa shape index (κ3) is 5.13. The molecule has 0 spiro atoms. The van der Waals surface area contributed by atoms with Gasteiger partial charge < -0.3 is 15.0 Å². The van der Waals surface area contributed by atoms with E-state index >= 15 is 0 Å². The Bertz CT molecular complexity index is 972. The van der Waals surface area contributed by atoms with Crippen LogP contribution in [-0.2, 0) is 9.53 Å². The van der Waals surface area contributed by atoms with Crippen LogP contribution in [0.4, 0.5) is 5.82 Å². The first kappa shape index (κ1) is 20.7. The number of carbonyl (C=O) groups is 1. The first-order chi connectivity index (χ1) is 14.7. The minimum absolute atomic E-state index is 0.0655. The molecule has 1 N–H and O–H groups in total. The van der Waals surface area contributed by atoms with E-state index in [2.05, 4.69) is 38.4 Å². The van der Waals surface area contributed by atoms with Crippen molar-refractivity contribution in [3.8, 4) is 10.4 Å². The van der Waals surface area contributed by atoms with Crippen molar-refractivity contribution in [2.24, 2.45) is 0 Å². The SMILES string of the molecule is CN(CCC(=O)NCCN1CCOCC1)c1ncnc2sc(-c3ccccc3)cc12. The van der Waals surface area contributed by atoms with E-state index in [-0.39, 0.29) is 5.91 Å². The predicted molar refractivity (Wildman–Crippen MR) is 121 cm³/mol. The number of aromatic nitrogens is 2. The molecule has 0 saturated carbocycles. The Morgan fingerprint density at radius 1 is 1.23 bits per heavy atom. The number of nitrogens with zero attached hydrogens (tertiary/aromatic N) is 4. The van der Waals surface area contributed by atoms with Crippen LogP contribution in [0.2, 0.25) is 0 Å². The standard InChI is InChI=1S/C22H27N5O2S/c1-26(9-7-20(28)23-8-10-27-11-13-29-14-12-27)21-18-15-19(17-5-3-2-4-6-17)30-22(18)25-16-24-21/h2-6,15-16H,7-14H2,1H3,(H,23,28). The van der Waals surface area contributed by atoms with Crippen molar-refractivity contribution in [1.82, 2.24) is 20.2 Å². The molecule has 3 heterocycles. The number of thiophene rings is 1. The molecule has 1 aromatic carbocycles. The van der Waals surface area contributed by atoms with E-state index in [4.69, 9.17) is 4.74 Å². The van der Waals surface area contributed by atoms with Crippen molar-refractivity contribution >= 4 is 33.3 Å². The highest BCUT2D eigenvalue weighted by atomic mass is 32.1. The molecule has 7 nitrogen and oxygen atoms in total. The van der Waals surface area contributed by atoms with E-state index in [1.807, 2.05) is 30.1 Å². The zero-order valence-corrected chi connectivity index (χ0v) is 18.0. The lowest BCUT2D eigenvalue weighted by Crippen LogP contribution is -2.41. The molecule has 1 aliphatic rings. The van der Waals surface area contributed by atoms with Gasteiger partial charge in [0.1, 0.15) is 17.0 Å². The summed E-state index contributed by atoms with van der Waals surface area (Å²) in [6.07, 6.45) is 2.03. The molecule has 3 aromatic rings. The summed E-state index contributed by atoms with van der Waals surface area (Å²) in [5.41, 5.74) is 1.17. The van der Waals surface area contributed by atoms with Crippen LogP contribution in [0.3, 0.4) is 0 Å². The van der Waals surface area contributed by atoms with Gasteiger partial charge in [-0.2, -0.15) is 0 Å². The molecule has 0 atom stereocenters. The quantitative estimate of drug-likeness (QED) is 0.598. The minimum atomic E-state index is 0.0655. The monoisotopic (exact) mass is 425 g/mol. The molecule has 1 saturated heterocycles. The van der Waals surface area contributed by atoms with E-state index in [0.717, 1.165) is 48.9 Å². The topological polar surface area (TPSA) is 70.6 Å². The molecular weight excluding hydrogens is 398 g/mol. The van der Waals surface area contributed by atoms with Crippen LogP contribution in [0.5, 0.6) is 0 Å². The summed E-state index contributed by atoms with van der Waals surface area (Å²) in [6.45, 7) is 5.58. The van der Waals surface area contributed by atoms with Gasteiger partial charge in [-0.1, -0.05) is 30.3 Å². The average molecular weight is 426 g/mol. The Morgan fingerprint density at radius 3 is 2.83 bits per heavy atom. The van der Waals surface area contributed by atoms with Gasteiger partial charge in [-0.15, -0.1) is 11.3 Å². The maximum absolute atomic E-state index is 12.3. The van der Waals surface area contributed by atoms with Gasteiger partial charge in [0.15, 0.2) is 0 Å². The number of benzene rings is 1. The maximum atomic E-state index is 12.3. The van der Waals surface area contributed by atoms with Crippen molar-refractivity contribution in [1.29, 1.82) is 0 Å². The summed E-state index contributed by atoms with van der Waals surface area (Å²) < 4.78 is 5.35. The highest BCUT2D eigenvalue weighted by Crippen LogP contribution is 2.35. The van der Waals surface area contributed by atoms with Crippen molar-refractivity contribution in [3.63, 3.8) is 0 Å². The summed E-state index contributed by atoms with van der Waals surface area (Å²) >= 11 is 1.66. The zero-order chi connectivity index (χ0) is 20.8. The van der Waals surface area contributed by atoms with Crippen LogP contribution in [-0.4, -0.2) is 73.8 Å². The summed E-state index contributed by atoms with van der Waals surface area (Å²) in [7, 11) is 1.97. The Kier molecular flexibility index (Phi) is 6.88. The largest absolute Gasteiger partial charge is 0.379 e. The molecule has 4 rings (SSSR count). The third-order valence-electron chi connectivity index (χ3n) is 5.26. The van der Waals surface area contributed by atoms with Gasteiger partial charge in [0.05, 0.1) is 18.6 Å². The molecular formula is C22H27N5O2S. The van der Waals surface area contributed by atoms with E-state index in [0.29, 0.717) is 19.5 Å². The fourth-order valence-electron chi connectivity index (χ4n) is 3.53. The molecule has 8 heteroatoms. The number of fused-ring (bicyclic) bond motifs is 1. The van der Waals surface area contributed by atoms with Gasteiger partial charge in [0.2, 0.25) is 5.91 Å². The fourth-order valence-corrected chi connectivity index (χ4v) is 4.53. The predicted octanol–water partition coefficient (Wildman–Crippen LogP) is 2.63. The molecule has 0 unspecified atom stereocenters. The van der Waals surface area contributed by atoms with Crippen molar-refractivity contribution in [2.45, 2.75) is 6.42 Å². The first-order valence-corrected chi connectivity index (χ1v) is 11.1. The molecule has 1 amide bonds. The zero-order valence-electron chi connectivity index (χ0n) is 17.2. The summed E-state index contributed by atoms with van der Waals surface area (Å²) in [5.74, 6) is 0.926. The van der Waals surface area contributed by atoms with Crippen LogP contribution in [0.25, 0.3) is 20.7 Å². The summed E-state index contributed by atoms with van der Waals surface area (Å²) in [4.78, 5) is 27.7. The number of anilines is 1. The second kappa shape index (κ2) is 9.97. The van der Waals surface area contributed by atoms with E-state index < -0.39 is 0 Å². The van der Waals surface area contributed by atoms with E-state index in [1.54, 1.807) is 17.7 Å². The van der Waals surface area contributed by atoms with Gasteiger partial charge in [-0.05, 0) is 11.6 Å². The Morgan fingerprint density at radius 2 is 2.03 bits per heavy atom. The number of carbonyl (C=O) groups excluding carboxylic acids is 1. The van der Waals surface area contributed by atoms with Crippen molar-refractivity contribution in [3.05, 3.63) is 42.7 Å². The van der Waals surface area contributed by atoms with Crippen LogP contribution in [0.1, 0.15) is 6.42 Å². The van der Waals surface area contributed by atoms with Crippen molar-refractivity contribution < 1.29 is 9.53 Å². The molecule has 1 aliphatic heterocycles. The van der Waals surface area contributed by atoms with Crippen molar-refractivity contribution in [2.75, 3.05) is 57.9 Å². The van der Waals surface area contributed by atoms with Gasteiger partial charge in [-0.3, -0.25) is 9.69 Å². The summed E-state index contributed by atoms with van der Waals surface area (Å²) in [5, 5.41) is 4.05. The fraction of sp³-hybridized carbons (Fsp3) is 0.409. The Hall–Kier alpha value is -2.55. The lowest BCUT2D eigenvalue weighted by Gasteiger charge is -2.26. The molecule has 0 bridgehead atoms. The Balaban J connectivity index is 1.33. The normalized spacial score (nSPS) is 14.7. The highest BCUT2D eigenvalue weighted by Gasteiger charge is 2.15. The van der Waals surface area contributed by atoms with Crippen LogP contribution in [0.15, 0.2) is 42.7 Å². The highest BCUT2D eigenvalue weighted by molar-refractivity contribution is 7.21. The molecule has 2 aromatic heterocycles. The molecule has 0 radical (unpaired) electrons. The lowest BCUT2D eigenvalue weighted by atomic mass is 10.2. The molecule has 158 valence electrons.